The molecule has 1 aliphatic heterocycles. The van der Waals surface area contributed by atoms with Crippen LogP contribution in [0.5, 0.6) is 11.5 Å². The number of amides is 1. The van der Waals surface area contributed by atoms with Crippen molar-refractivity contribution in [3.8, 4) is 11.5 Å². The molecule has 0 saturated carbocycles. The number of rotatable bonds is 6. The van der Waals surface area contributed by atoms with E-state index in [1.807, 2.05) is 25.1 Å². The first-order chi connectivity index (χ1) is 16.5. The van der Waals surface area contributed by atoms with E-state index in [0.717, 1.165) is 5.69 Å². The molecule has 0 aliphatic carbocycles. The van der Waals surface area contributed by atoms with E-state index in [4.69, 9.17) is 13.9 Å². The molecule has 0 N–H and O–H groups in total. The average Bonchev–Trinajstić information content (AvgIpc) is 3.15. The maximum absolute atomic E-state index is 13.6. The molecule has 0 radical (unpaired) electrons. The quantitative estimate of drug-likeness (QED) is 0.389. The minimum absolute atomic E-state index is 0.0166. The van der Waals surface area contributed by atoms with E-state index >= 15 is 0 Å². The number of fused-ring (bicyclic) bond motifs is 2. The number of para-hydroxylation sites is 1. The summed E-state index contributed by atoms with van der Waals surface area (Å²) in [5.74, 6) is 1.02. The Morgan fingerprint density at radius 3 is 2.68 bits per heavy atom. The van der Waals surface area contributed by atoms with Crippen LogP contribution in [0.2, 0.25) is 0 Å². The van der Waals surface area contributed by atoms with Gasteiger partial charge in [0.1, 0.15) is 18.0 Å². The number of pyridine rings is 1. The molecular weight excluding hydrogens is 432 g/mol. The first kappa shape index (κ1) is 21.5. The fourth-order valence-electron chi connectivity index (χ4n) is 4.26. The van der Waals surface area contributed by atoms with Crippen molar-refractivity contribution in [3.05, 3.63) is 106 Å². The van der Waals surface area contributed by atoms with E-state index < -0.39 is 11.9 Å². The van der Waals surface area contributed by atoms with Crippen LogP contribution in [0.25, 0.3) is 11.0 Å². The number of nitrogens with zero attached hydrogens (tertiary/aromatic N) is 2. The van der Waals surface area contributed by atoms with Crippen LogP contribution >= 0.6 is 0 Å². The molecule has 3 heterocycles. The molecule has 5 rings (SSSR count). The Bertz CT molecular complexity index is 1490. The van der Waals surface area contributed by atoms with Gasteiger partial charge >= 0.3 is 0 Å². The predicted octanol–water partition coefficient (Wildman–Crippen LogP) is 4.82. The van der Waals surface area contributed by atoms with Crippen molar-refractivity contribution < 1.29 is 18.7 Å². The lowest BCUT2D eigenvalue weighted by Crippen LogP contribution is -2.30. The van der Waals surface area contributed by atoms with Crippen molar-refractivity contribution in [2.24, 2.45) is 0 Å². The zero-order valence-corrected chi connectivity index (χ0v) is 18.8. The maximum Gasteiger partial charge on any atom is 0.296 e. The number of benzene rings is 2. The van der Waals surface area contributed by atoms with Crippen LogP contribution in [-0.2, 0) is 0 Å². The molecule has 1 amide bonds. The third-order valence-electron chi connectivity index (χ3n) is 5.76. The van der Waals surface area contributed by atoms with Gasteiger partial charge in [0.15, 0.2) is 16.9 Å². The molecule has 34 heavy (non-hydrogen) atoms. The van der Waals surface area contributed by atoms with Gasteiger partial charge in [0.2, 0.25) is 5.76 Å². The minimum atomic E-state index is -0.750. The molecule has 4 aromatic rings. The minimum Gasteiger partial charge on any atom is -0.493 e. The zero-order valence-electron chi connectivity index (χ0n) is 18.8. The first-order valence-corrected chi connectivity index (χ1v) is 10.8. The fourth-order valence-corrected chi connectivity index (χ4v) is 4.26. The predicted molar refractivity (Wildman–Crippen MR) is 129 cm³/mol. The number of carbonyl (C=O) groups excluding carboxylic acids is 1. The summed E-state index contributed by atoms with van der Waals surface area (Å²) in [4.78, 5) is 33.3. The zero-order chi connectivity index (χ0) is 23.8. The highest BCUT2D eigenvalue weighted by Gasteiger charge is 2.44. The van der Waals surface area contributed by atoms with E-state index in [1.54, 1.807) is 48.5 Å². The molecule has 0 bridgehead atoms. The molecule has 1 aliphatic rings. The maximum atomic E-state index is 13.6. The molecule has 1 atom stereocenters. The standard InChI is InChI=1S/C27H22N2O5/c1-4-14-33-20-13-12-17(15-21(20)32-3)24-23-25(30)18-9-5-6-10-19(18)34-26(23)27(31)29(24)22-11-7-8-16(2)28-22/h4-13,15,24H,1,14H2,2-3H3. The van der Waals surface area contributed by atoms with Gasteiger partial charge in [0.05, 0.1) is 24.1 Å². The van der Waals surface area contributed by atoms with Crippen molar-refractivity contribution in [2.75, 3.05) is 18.6 Å². The summed E-state index contributed by atoms with van der Waals surface area (Å²) in [6.45, 7) is 5.83. The molecule has 170 valence electrons. The SMILES string of the molecule is C=CCOc1ccc(C2c3c(oc4ccccc4c3=O)C(=O)N2c2cccc(C)n2)cc1OC. The molecular formula is C27H22N2O5. The lowest BCUT2D eigenvalue weighted by molar-refractivity contribution is 0.0970. The number of hydrogen-bond donors (Lipinski definition) is 0. The van der Waals surface area contributed by atoms with Gasteiger partial charge in [0, 0.05) is 5.69 Å². The summed E-state index contributed by atoms with van der Waals surface area (Å²) in [5.41, 5.74) is 1.80. The molecule has 0 fully saturated rings. The van der Waals surface area contributed by atoms with Gasteiger partial charge in [-0.25, -0.2) is 4.98 Å². The number of aryl methyl sites for hydroxylation is 1. The number of hydrogen-bond acceptors (Lipinski definition) is 6. The van der Waals surface area contributed by atoms with Gasteiger partial charge in [-0.3, -0.25) is 14.5 Å². The van der Waals surface area contributed by atoms with Gasteiger partial charge in [0.25, 0.3) is 5.91 Å². The third-order valence-corrected chi connectivity index (χ3v) is 5.76. The number of carbonyl (C=O) groups is 1. The summed E-state index contributed by atoms with van der Waals surface area (Å²) < 4.78 is 17.2. The lowest BCUT2D eigenvalue weighted by Gasteiger charge is -2.25. The largest absolute Gasteiger partial charge is 0.493 e. The smallest absolute Gasteiger partial charge is 0.296 e. The van der Waals surface area contributed by atoms with E-state index in [-0.39, 0.29) is 16.8 Å². The Labute approximate surface area is 195 Å². The topological polar surface area (TPSA) is 81.9 Å². The van der Waals surface area contributed by atoms with Crippen molar-refractivity contribution in [2.45, 2.75) is 13.0 Å². The van der Waals surface area contributed by atoms with Crippen LogP contribution in [-0.4, -0.2) is 24.6 Å². The number of ether oxygens (including phenoxy) is 2. The Balaban J connectivity index is 1.76. The second-order valence-electron chi connectivity index (χ2n) is 7.89. The van der Waals surface area contributed by atoms with Gasteiger partial charge in [-0.1, -0.05) is 36.9 Å². The molecule has 7 nitrogen and oxygen atoms in total. The monoisotopic (exact) mass is 454 g/mol. The van der Waals surface area contributed by atoms with Crippen molar-refractivity contribution in [3.63, 3.8) is 0 Å². The van der Waals surface area contributed by atoms with E-state index in [0.29, 0.717) is 40.5 Å². The van der Waals surface area contributed by atoms with Crippen LogP contribution in [0, 0.1) is 6.92 Å². The van der Waals surface area contributed by atoms with Crippen LogP contribution in [0.4, 0.5) is 5.82 Å². The van der Waals surface area contributed by atoms with Crippen LogP contribution in [0.1, 0.15) is 33.4 Å². The molecule has 1 unspecified atom stereocenters. The first-order valence-electron chi connectivity index (χ1n) is 10.8. The normalized spacial score (nSPS) is 14.8. The summed E-state index contributed by atoms with van der Waals surface area (Å²) in [5, 5.41) is 0.413. The highest BCUT2D eigenvalue weighted by Crippen LogP contribution is 2.42. The number of aromatic nitrogens is 1. The number of methoxy groups -OCH3 is 1. The molecule has 0 saturated heterocycles. The Hall–Kier alpha value is -4.39. The summed E-state index contributed by atoms with van der Waals surface area (Å²) in [6, 6.07) is 16.9. The highest BCUT2D eigenvalue weighted by atomic mass is 16.5. The highest BCUT2D eigenvalue weighted by molar-refractivity contribution is 6.10. The molecule has 0 spiro atoms. The summed E-state index contributed by atoms with van der Waals surface area (Å²) >= 11 is 0. The molecule has 7 heteroatoms. The summed E-state index contributed by atoms with van der Waals surface area (Å²) in [7, 11) is 1.54. The van der Waals surface area contributed by atoms with E-state index in [2.05, 4.69) is 11.6 Å². The second kappa shape index (κ2) is 8.51. The van der Waals surface area contributed by atoms with Gasteiger partial charge < -0.3 is 13.9 Å². The van der Waals surface area contributed by atoms with E-state index in [9.17, 15) is 9.59 Å². The van der Waals surface area contributed by atoms with Crippen molar-refractivity contribution >= 4 is 22.7 Å². The van der Waals surface area contributed by atoms with Crippen molar-refractivity contribution in [1.82, 2.24) is 4.98 Å². The Morgan fingerprint density at radius 2 is 1.91 bits per heavy atom. The third kappa shape index (κ3) is 3.42. The van der Waals surface area contributed by atoms with Gasteiger partial charge in [-0.2, -0.15) is 0 Å². The van der Waals surface area contributed by atoms with Crippen molar-refractivity contribution in [1.29, 1.82) is 0 Å². The fraction of sp³-hybridized carbons (Fsp3) is 0.148. The summed E-state index contributed by atoms with van der Waals surface area (Å²) in [6.07, 6.45) is 1.64. The Kier molecular flexibility index (Phi) is 5.37. The number of anilines is 1. The molecule has 2 aromatic carbocycles. The second-order valence-corrected chi connectivity index (χ2v) is 7.89. The average molecular weight is 454 g/mol. The lowest BCUT2D eigenvalue weighted by atomic mass is 9.98. The van der Waals surface area contributed by atoms with Gasteiger partial charge in [-0.05, 0) is 48.9 Å². The van der Waals surface area contributed by atoms with Crippen LogP contribution in [0.15, 0.2) is 82.5 Å². The Morgan fingerprint density at radius 1 is 1.09 bits per heavy atom. The van der Waals surface area contributed by atoms with Crippen LogP contribution in [0.3, 0.4) is 0 Å². The van der Waals surface area contributed by atoms with E-state index in [1.165, 1.54) is 12.0 Å². The molecule has 2 aromatic heterocycles. The van der Waals surface area contributed by atoms with Gasteiger partial charge in [-0.15, -0.1) is 0 Å². The van der Waals surface area contributed by atoms with Crippen LogP contribution < -0.4 is 19.8 Å².